The third-order valence-corrected chi connectivity index (χ3v) is 2.53. The van der Waals surface area contributed by atoms with Crippen molar-refractivity contribution in [3.63, 3.8) is 0 Å². The lowest BCUT2D eigenvalue weighted by Gasteiger charge is -2.07. The van der Waals surface area contributed by atoms with Crippen LogP contribution in [0.25, 0.3) is 5.57 Å². The number of nitrogens with zero attached hydrogens (tertiary/aromatic N) is 2. The van der Waals surface area contributed by atoms with Crippen molar-refractivity contribution in [1.82, 2.24) is 4.98 Å². The number of hydrogen-bond acceptors (Lipinski definition) is 3. The molecule has 88 valence electrons. The zero-order valence-corrected chi connectivity index (χ0v) is 10.00. The van der Waals surface area contributed by atoms with E-state index >= 15 is 0 Å². The molecule has 3 nitrogen and oxygen atoms in total. The third kappa shape index (κ3) is 2.55. The second-order valence-electron chi connectivity index (χ2n) is 3.63. The van der Waals surface area contributed by atoms with Gasteiger partial charge in [-0.3, -0.25) is 4.98 Å². The molecule has 0 atom stereocenters. The molecule has 1 aromatic carbocycles. The van der Waals surface area contributed by atoms with E-state index in [9.17, 15) is 0 Å². The number of allylic oxidation sites excluding steroid dienone is 1. The smallest absolute Gasteiger partial charge is 0.119 e. The molecule has 2 aromatic rings. The maximum atomic E-state index is 8.90. The van der Waals surface area contributed by atoms with Crippen LogP contribution in [0.4, 0.5) is 0 Å². The Labute approximate surface area is 106 Å². The Morgan fingerprint density at radius 2 is 2.17 bits per heavy atom. The van der Waals surface area contributed by atoms with Gasteiger partial charge in [0.1, 0.15) is 5.75 Å². The molecular weight excluding hydrogens is 224 g/mol. The van der Waals surface area contributed by atoms with Crippen molar-refractivity contribution in [3.8, 4) is 11.8 Å². The van der Waals surface area contributed by atoms with Gasteiger partial charge >= 0.3 is 0 Å². The maximum absolute atomic E-state index is 8.90. The van der Waals surface area contributed by atoms with E-state index in [-0.39, 0.29) is 0 Å². The highest BCUT2D eigenvalue weighted by Gasteiger charge is 2.06. The number of nitriles is 1. The van der Waals surface area contributed by atoms with Gasteiger partial charge in [-0.25, -0.2) is 0 Å². The molecule has 0 radical (unpaired) electrons. The van der Waals surface area contributed by atoms with Crippen molar-refractivity contribution in [3.05, 3.63) is 66.0 Å². The van der Waals surface area contributed by atoms with Crippen molar-refractivity contribution in [2.75, 3.05) is 7.11 Å². The van der Waals surface area contributed by atoms with Crippen LogP contribution in [0.3, 0.4) is 0 Å². The molecular formula is C15H12N2O. The van der Waals surface area contributed by atoms with E-state index in [1.165, 1.54) is 6.08 Å². The van der Waals surface area contributed by atoms with Gasteiger partial charge in [-0.05, 0) is 29.8 Å². The minimum atomic E-state index is 0.757. The zero-order valence-electron chi connectivity index (χ0n) is 10.00. The molecule has 0 bridgehead atoms. The summed E-state index contributed by atoms with van der Waals surface area (Å²) >= 11 is 0. The van der Waals surface area contributed by atoms with Crippen LogP contribution < -0.4 is 4.74 Å². The minimum absolute atomic E-state index is 0.757. The average Bonchev–Trinajstić information content (AvgIpc) is 2.46. The number of aromatic nitrogens is 1. The topological polar surface area (TPSA) is 45.9 Å². The highest BCUT2D eigenvalue weighted by atomic mass is 16.5. The number of pyridine rings is 1. The summed E-state index contributed by atoms with van der Waals surface area (Å²) in [6.07, 6.45) is 3.21. The van der Waals surface area contributed by atoms with Gasteiger partial charge in [0.2, 0.25) is 0 Å². The first kappa shape index (κ1) is 11.9. The van der Waals surface area contributed by atoms with Crippen LogP contribution >= 0.6 is 0 Å². The zero-order chi connectivity index (χ0) is 12.8. The van der Waals surface area contributed by atoms with E-state index < -0.39 is 0 Å². The summed E-state index contributed by atoms with van der Waals surface area (Å²) in [6.45, 7) is 0. The van der Waals surface area contributed by atoms with Crippen LogP contribution in [0.2, 0.25) is 0 Å². The molecule has 1 heterocycles. The van der Waals surface area contributed by atoms with Gasteiger partial charge in [0.25, 0.3) is 0 Å². The first-order valence-electron chi connectivity index (χ1n) is 5.51. The van der Waals surface area contributed by atoms with Gasteiger partial charge in [0.05, 0.1) is 18.9 Å². The van der Waals surface area contributed by atoms with E-state index in [4.69, 9.17) is 10.00 Å². The molecule has 0 spiro atoms. The summed E-state index contributed by atoms with van der Waals surface area (Å²) in [4.78, 5) is 4.27. The van der Waals surface area contributed by atoms with E-state index in [2.05, 4.69) is 11.1 Å². The molecule has 0 amide bonds. The molecule has 0 aliphatic carbocycles. The summed E-state index contributed by atoms with van der Waals surface area (Å²) in [5.74, 6) is 0.757. The molecule has 0 saturated carbocycles. The highest BCUT2D eigenvalue weighted by molar-refractivity contribution is 5.79. The standard InChI is InChI=1S/C15H12N2O/c1-18-13-6-4-5-12(11-13)14(8-9-16)15-7-2-3-10-17-15/h2-8,10-11H,1H3. The number of ether oxygens (including phenoxy) is 1. The Bertz CT molecular complexity index is 597. The lowest BCUT2D eigenvalue weighted by atomic mass is 10.0. The van der Waals surface area contributed by atoms with Crippen LogP contribution in [0.1, 0.15) is 11.3 Å². The Hall–Kier alpha value is -2.60. The fraction of sp³-hybridized carbons (Fsp3) is 0.0667. The second-order valence-corrected chi connectivity index (χ2v) is 3.63. The van der Waals surface area contributed by atoms with Crippen molar-refractivity contribution in [2.24, 2.45) is 0 Å². The number of rotatable bonds is 3. The van der Waals surface area contributed by atoms with Crippen LogP contribution in [0.5, 0.6) is 5.75 Å². The molecule has 0 unspecified atom stereocenters. The van der Waals surface area contributed by atoms with E-state index in [1.54, 1.807) is 13.3 Å². The first-order valence-corrected chi connectivity index (χ1v) is 5.51. The van der Waals surface area contributed by atoms with Crippen LogP contribution in [0, 0.1) is 11.3 Å². The number of methoxy groups -OCH3 is 1. The first-order chi connectivity index (χ1) is 8.85. The third-order valence-electron chi connectivity index (χ3n) is 2.53. The quantitative estimate of drug-likeness (QED) is 0.769. The molecule has 0 aliphatic rings. The Morgan fingerprint density at radius 3 is 2.83 bits per heavy atom. The van der Waals surface area contributed by atoms with Gasteiger partial charge < -0.3 is 4.74 Å². The van der Waals surface area contributed by atoms with E-state index in [0.29, 0.717) is 0 Å². The Kier molecular flexibility index (Phi) is 3.72. The van der Waals surface area contributed by atoms with Gasteiger partial charge in [-0.1, -0.05) is 18.2 Å². The molecule has 3 heteroatoms. The van der Waals surface area contributed by atoms with Crippen LogP contribution in [0.15, 0.2) is 54.7 Å². The molecule has 0 fully saturated rings. The van der Waals surface area contributed by atoms with Gasteiger partial charge in [-0.2, -0.15) is 5.26 Å². The minimum Gasteiger partial charge on any atom is -0.497 e. The van der Waals surface area contributed by atoms with Crippen molar-refractivity contribution in [2.45, 2.75) is 0 Å². The highest BCUT2D eigenvalue weighted by Crippen LogP contribution is 2.24. The lowest BCUT2D eigenvalue weighted by molar-refractivity contribution is 0.414. The fourth-order valence-electron chi connectivity index (χ4n) is 1.68. The number of benzene rings is 1. The largest absolute Gasteiger partial charge is 0.497 e. The molecule has 0 aliphatic heterocycles. The summed E-state index contributed by atoms with van der Waals surface area (Å²) in [5, 5.41) is 8.90. The molecule has 2 rings (SSSR count). The van der Waals surface area contributed by atoms with Gasteiger partial charge in [0.15, 0.2) is 0 Å². The molecule has 0 saturated heterocycles. The molecule has 1 aromatic heterocycles. The summed E-state index contributed by atoms with van der Waals surface area (Å²) in [7, 11) is 1.62. The fourth-order valence-corrected chi connectivity index (χ4v) is 1.68. The summed E-state index contributed by atoms with van der Waals surface area (Å²) in [6, 6.07) is 15.3. The predicted octanol–water partition coefficient (Wildman–Crippen LogP) is 3.05. The van der Waals surface area contributed by atoms with E-state index in [1.807, 2.05) is 42.5 Å². The van der Waals surface area contributed by atoms with Gasteiger partial charge in [0, 0.05) is 17.8 Å². The SMILES string of the molecule is COc1cccc(C(=CC#N)c2ccccn2)c1. The molecule has 0 N–H and O–H groups in total. The van der Waals surface area contributed by atoms with Crippen LogP contribution in [-0.2, 0) is 0 Å². The van der Waals surface area contributed by atoms with Gasteiger partial charge in [-0.15, -0.1) is 0 Å². The predicted molar refractivity (Wildman–Crippen MR) is 69.9 cm³/mol. The number of hydrogen-bond donors (Lipinski definition) is 0. The normalized spacial score (nSPS) is 10.8. The average molecular weight is 236 g/mol. The maximum Gasteiger partial charge on any atom is 0.119 e. The van der Waals surface area contributed by atoms with Crippen molar-refractivity contribution >= 4 is 5.57 Å². The van der Waals surface area contributed by atoms with Crippen molar-refractivity contribution < 1.29 is 4.74 Å². The monoisotopic (exact) mass is 236 g/mol. The Balaban J connectivity index is 2.50. The Morgan fingerprint density at radius 1 is 1.28 bits per heavy atom. The van der Waals surface area contributed by atoms with E-state index in [0.717, 1.165) is 22.6 Å². The van der Waals surface area contributed by atoms with Crippen molar-refractivity contribution in [1.29, 1.82) is 5.26 Å². The summed E-state index contributed by atoms with van der Waals surface area (Å²) < 4.78 is 5.19. The summed E-state index contributed by atoms with van der Waals surface area (Å²) in [5.41, 5.74) is 2.47. The second kappa shape index (κ2) is 5.65. The molecule has 18 heavy (non-hydrogen) atoms. The lowest BCUT2D eigenvalue weighted by Crippen LogP contribution is -1.92. The van der Waals surface area contributed by atoms with Crippen LogP contribution in [-0.4, -0.2) is 12.1 Å².